The van der Waals surface area contributed by atoms with E-state index in [0.29, 0.717) is 5.69 Å². The van der Waals surface area contributed by atoms with Crippen molar-refractivity contribution < 1.29 is 22.7 Å². The highest BCUT2D eigenvalue weighted by atomic mass is 35.5. The van der Waals surface area contributed by atoms with Gasteiger partial charge in [-0.05, 0) is 36.9 Å². The molecule has 0 aliphatic rings. The Kier molecular flexibility index (Phi) is 7.06. The molecule has 0 heterocycles. The van der Waals surface area contributed by atoms with E-state index in [1.54, 1.807) is 12.1 Å². The molecule has 3 aromatic carbocycles. The van der Waals surface area contributed by atoms with E-state index in [4.69, 9.17) is 16.3 Å². The molecule has 0 spiro atoms. The van der Waals surface area contributed by atoms with E-state index in [-0.39, 0.29) is 15.5 Å². The van der Waals surface area contributed by atoms with Gasteiger partial charge in [0, 0.05) is 11.3 Å². The first kappa shape index (κ1) is 22.5. The zero-order valence-electron chi connectivity index (χ0n) is 16.5. The lowest BCUT2D eigenvalue weighted by Crippen LogP contribution is -2.22. The number of hydrogen-bond acceptors (Lipinski definition) is 5. The maximum Gasteiger partial charge on any atom is 0.338 e. The largest absolute Gasteiger partial charge is 0.452 e. The highest BCUT2D eigenvalue weighted by Gasteiger charge is 2.20. The Balaban J connectivity index is 1.69. The third-order valence-corrected chi connectivity index (χ3v) is 6.24. The van der Waals surface area contributed by atoms with Gasteiger partial charge in [0.1, 0.15) is 4.90 Å². The van der Waals surface area contributed by atoms with Crippen LogP contribution < -0.4 is 10.0 Å². The van der Waals surface area contributed by atoms with Gasteiger partial charge >= 0.3 is 5.97 Å². The molecule has 160 valence electrons. The number of carbonyl (C=O) groups is 2. The first-order valence-corrected chi connectivity index (χ1v) is 11.0. The molecule has 0 bridgehead atoms. The van der Waals surface area contributed by atoms with Crippen LogP contribution in [0.1, 0.15) is 10.4 Å². The third-order valence-electron chi connectivity index (χ3n) is 4.35. The number of esters is 1. The molecule has 1 amide bonds. The highest BCUT2D eigenvalue weighted by Crippen LogP contribution is 2.27. The lowest BCUT2D eigenvalue weighted by Gasteiger charge is -2.12. The van der Waals surface area contributed by atoms with Gasteiger partial charge in [-0.15, -0.1) is 0 Å². The molecule has 2 N–H and O–H groups in total. The second kappa shape index (κ2) is 9.74. The number of halogens is 1. The Morgan fingerprint density at radius 1 is 0.968 bits per heavy atom. The summed E-state index contributed by atoms with van der Waals surface area (Å²) in [6.07, 6.45) is 0. The number of para-hydroxylation sites is 1. The topological polar surface area (TPSA) is 102 Å². The molecule has 0 saturated carbocycles. The number of anilines is 1. The Labute approximate surface area is 185 Å². The fourth-order valence-corrected chi connectivity index (χ4v) is 4.06. The molecule has 0 fully saturated rings. The van der Waals surface area contributed by atoms with Crippen LogP contribution >= 0.6 is 11.6 Å². The van der Waals surface area contributed by atoms with Crippen molar-refractivity contribution in [1.29, 1.82) is 0 Å². The van der Waals surface area contributed by atoms with Gasteiger partial charge in [0.25, 0.3) is 5.91 Å². The molecule has 31 heavy (non-hydrogen) atoms. The number of rotatable bonds is 7. The standard InChI is InChI=1S/C22H19ClN2O5S/c1-24-31(28,29)20-13-16(11-12-18(20)23)22(27)30-14-21(26)25-19-10-6-5-9-17(19)15-7-3-2-4-8-15/h2-13,24H,14H2,1H3,(H,25,26). The SMILES string of the molecule is CNS(=O)(=O)c1cc(C(=O)OCC(=O)Nc2ccccc2-c2ccccc2)ccc1Cl. The van der Waals surface area contributed by atoms with E-state index in [1.165, 1.54) is 19.2 Å². The first-order chi connectivity index (χ1) is 14.8. The van der Waals surface area contributed by atoms with E-state index in [9.17, 15) is 18.0 Å². The zero-order valence-corrected chi connectivity index (χ0v) is 18.0. The van der Waals surface area contributed by atoms with Crippen molar-refractivity contribution in [2.24, 2.45) is 0 Å². The molecule has 0 saturated heterocycles. The summed E-state index contributed by atoms with van der Waals surface area (Å²) in [4.78, 5) is 24.4. The van der Waals surface area contributed by atoms with Crippen LogP contribution in [0.3, 0.4) is 0 Å². The second-order valence-electron chi connectivity index (χ2n) is 6.39. The smallest absolute Gasteiger partial charge is 0.338 e. The van der Waals surface area contributed by atoms with Gasteiger partial charge in [-0.25, -0.2) is 17.9 Å². The van der Waals surface area contributed by atoms with Crippen molar-refractivity contribution >= 4 is 39.2 Å². The van der Waals surface area contributed by atoms with E-state index < -0.39 is 28.5 Å². The number of benzene rings is 3. The molecular formula is C22H19ClN2O5S. The minimum atomic E-state index is -3.86. The molecule has 0 radical (unpaired) electrons. The molecule has 0 atom stereocenters. The first-order valence-electron chi connectivity index (χ1n) is 9.16. The summed E-state index contributed by atoms with van der Waals surface area (Å²) in [6, 6.07) is 20.5. The molecule has 7 nitrogen and oxygen atoms in total. The summed E-state index contributed by atoms with van der Waals surface area (Å²) in [5.41, 5.74) is 2.27. The summed E-state index contributed by atoms with van der Waals surface area (Å²) in [6.45, 7) is -0.543. The van der Waals surface area contributed by atoms with Gasteiger partial charge in [-0.2, -0.15) is 0 Å². The lowest BCUT2D eigenvalue weighted by molar-refractivity contribution is -0.119. The zero-order chi connectivity index (χ0) is 22.4. The van der Waals surface area contributed by atoms with Gasteiger partial charge in [0.2, 0.25) is 10.0 Å². The van der Waals surface area contributed by atoms with Gasteiger partial charge in [0.05, 0.1) is 10.6 Å². The molecule has 0 aliphatic heterocycles. The second-order valence-corrected chi connectivity index (χ2v) is 8.65. The van der Waals surface area contributed by atoms with E-state index in [2.05, 4.69) is 10.0 Å². The van der Waals surface area contributed by atoms with E-state index in [1.807, 2.05) is 42.5 Å². The maximum absolute atomic E-state index is 12.3. The maximum atomic E-state index is 12.3. The number of hydrogen-bond donors (Lipinski definition) is 2. The summed E-state index contributed by atoms with van der Waals surface area (Å²) in [7, 11) is -2.63. The van der Waals surface area contributed by atoms with Crippen LogP contribution in [0.5, 0.6) is 0 Å². The third kappa shape index (κ3) is 5.49. The molecule has 0 unspecified atom stereocenters. The molecule has 3 rings (SSSR count). The van der Waals surface area contributed by atoms with Crippen LogP contribution in [0.15, 0.2) is 77.7 Å². The lowest BCUT2D eigenvalue weighted by atomic mass is 10.0. The number of nitrogens with one attached hydrogen (secondary N) is 2. The normalized spacial score (nSPS) is 11.0. The summed E-state index contributed by atoms with van der Waals surface area (Å²) in [5.74, 6) is -1.38. The predicted molar refractivity (Wildman–Crippen MR) is 118 cm³/mol. The predicted octanol–water partition coefficient (Wildman–Crippen LogP) is 3.71. The van der Waals surface area contributed by atoms with Gasteiger partial charge in [-0.1, -0.05) is 60.1 Å². The number of carbonyl (C=O) groups excluding carboxylic acids is 2. The quantitative estimate of drug-likeness (QED) is 0.525. The Bertz CT molecular complexity index is 1210. The van der Waals surface area contributed by atoms with Crippen LogP contribution in [0.2, 0.25) is 5.02 Å². The fourth-order valence-electron chi connectivity index (χ4n) is 2.81. The van der Waals surface area contributed by atoms with Crippen molar-refractivity contribution in [2.75, 3.05) is 19.0 Å². The van der Waals surface area contributed by atoms with Crippen molar-refractivity contribution in [3.8, 4) is 11.1 Å². The summed E-state index contributed by atoms with van der Waals surface area (Å²) >= 11 is 5.91. The molecular weight excluding hydrogens is 440 g/mol. The van der Waals surface area contributed by atoms with E-state index >= 15 is 0 Å². The van der Waals surface area contributed by atoms with Crippen LogP contribution in [0.4, 0.5) is 5.69 Å². The summed E-state index contributed by atoms with van der Waals surface area (Å²) in [5, 5.41) is 2.69. The average molecular weight is 459 g/mol. The fraction of sp³-hybridized carbons (Fsp3) is 0.0909. The van der Waals surface area contributed by atoms with Gasteiger partial charge < -0.3 is 10.1 Å². The van der Waals surface area contributed by atoms with Gasteiger partial charge in [0.15, 0.2) is 6.61 Å². The highest BCUT2D eigenvalue weighted by molar-refractivity contribution is 7.89. The monoisotopic (exact) mass is 458 g/mol. The average Bonchev–Trinajstić information content (AvgIpc) is 2.78. The van der Waals surface area contributed by atoms with Crippen LogP contribution in [0.25, 0.3) is 11.1 Å². The number of amides is 1. The number of sulfonamides is 1. The number of ether oxygens (including phenoxy) is 1. The molecule has 0 aliphatic carbocycles. The minimum absolute atomic E-state index is 0.0406. The Morgan fingerprint density at radius 3 is 2.35 bits per heavy atom. The van der Waals surface area contributed by atoms with Crippen molar-refractivity contribution in [2.45, 2.75) is 4.90 Å². The van der Waals surface area contributed by atoms with Crippen LogP contribution in [-0.2, 0) is 19.6 Å². The van der Waals surface area contributed by atoms with Crippen LogP contribution in [0, 0.1) is 0 Å². The molecule has 9 heteroatoms. The van der Waals surface area contributed by atoms with Crippen molar-refractivity contribution in [3.63, 3.8) is 0 Å². The minimum Gasteiger partial charge on any atom is -0.452 e. The van der Waals surface area contributed by atoms with Crippen molar-refractivity contribution in [1.82, 2.24) is 4.72 Å². The van der Waals surface area contributed by atoms with E-state index in [0.717, 1.165) is 17.2 Å². The molecule has 0 aromatic heterocycles. The Hall–Kier alpha value is -3.20. The van der Waals surface area contributed by atoms with Crippen LogP contribution in [-0.4, -0.2) is 33.9 Å². The Morgan fingerprint density at radius 2 is 1.65 bits per heavy atom. The van der Waals surface area contributed by atoms with Gasteiger partial charge in [-0.3, -0.25) is 4.79 Å². The molecule has 3 aromatic rings. The summed E-state index contributed by atoms with van der Waals surface area (Å²) < 4.78 is 31.2. The van der Waals surface area contributed by atoms with Crippen molar-refractivity contribution in [3.05, 3.63) is 83.4 Å².